The molecule has 0 heteroatoms. The molecule has 154 valence electrons. The smallest absolute Gasteiger partial charge is 0.0356 e. The Kier molecular flexibility index (Phi) is 7.92. The highest BCUT2D eigenvalue weighted by molar-refractivity contribution is 5.80. The van der Waals surface area contributed by atoms with E-state index in [1.165, 1.54) is 70.2 Å². The molecule has 3 aromatic carbocycles. The number of benzene rings is 3. The first kappa shape index (κ1) is 21.9. The third-order valence-corrected chi connectivity index (χ3v) is 5.64. The Morgan fingerprint density at radius 3 is 1.87 bits per heavy atom. The van der Waals surface area contributed by atoms with Crippen molar-refractivity contribution < 1.29 is 0 Å². The van der Waals surface area contributed by atoms with Crippen LogP contribution in [-0.2, 0) is 6.42 Å². The molecule has 0 radical (unpaired) electrons. The third kappa shape index (κ3) is 5.64. The second-order valence-corrected chi connectivity index (χ2v) is 8.30. The predicted octanol–water partition coefficient (Wildman–Crippen LogP) is 8.52. The highest BCUT2D eigenvalue weighted by Crippen LogP contribution is 2.33. The fourth-order valence-corrected chi connectivity index (χ4v) is 3.70. The minimum Gasteiger partial charge on any atom is -0.0979 e. The summed E-state index contributed by atoms with van der Waals surface area (Å²) in [5.74, 6) is 7.03. The summed E-state index contributed by atoms with van der Waals surface area (Å²) >= 11 is 0. The van der Waals surface area contributed by atoms with Gasteiger partial charge >= 0.3 is 0 Å². The Morgan fingerprint density at radius 1 is 0.667 bits per heavy atom. The van der Waals surface area contributed by atoms with Gasteiger partial charge in [0, 0.05) is 12.0 Å². The predicted molar refractivity (Wildman–Crippen MR) is 132 cm³/mol. The second kappa shape index (κ2) is 10.8. The van der Waals surface area contributed by atoms with Gasteiger partial charge in [0.1, 0.15) is 0 Å². The van der Waals surface area contributed by atoms with Crippen LogP contribution in [0.15, 0.2) is 60.7 Å². The monoisotopic (exact) mass is 394 g/mol. The quantitative estimate of drug-likeness (QED) is 0.278. The van der Waals surface area contributed by atoms with Crippen LogP contribution in [0, 0.1) is 25.7 Å². The average molecular weight is 395 g/mol. The van der Waals surface area contributed by atoms with Crippen LogP contribution in [0.5, 0.6) is 0 Å². The van der Waals surface area contributed by atoms with Crippen LogP contribution in [0.1, 0.15) is 68.2 Å². The van der Waals surface area contributed by atoms with Crippen molar-refractivity contribution in [3.8, 4) is 34.1 Å². The topological polar surface area (TPSA) is 0 Å². The average Bonchev–Trinajstić information content (AvgIpc) is 2.76. The molecule has 0 aliphatic carbocycles. The van der Waals surface area contributed by atoms with E-state index in [2.05, 4.69) is 100 Å². The molecule has 0 spiro atoms. The molecule has 0 aliphatic heterocycles. The van der Waals surface area contributed by atoms with Gasteiger partial charge in [0.15, 0.2) is 0 Å². The summed E-state index contributed by atoms with van der Waals surface area (Å²) in [5.41, 5.74) is 10.3. The van der Waals surface area contributed by atoms with Crippen LogP contribution in [0.2, 0.25) is 0 Å². The second-order valence-electron chi connectivity index (χ2n) is 8.30. The van der Waals surface area contributed by atoms with Gasteiger partial charge in [-0.05, 0) is 73.1 Å². The number of aryl methyl sites for hydroxylation is 3. The van der Waals surface area contributed by atoms with E-state index >= 15 is 0 Å². The van der Waals surface area contributed by atoms with Crippen LogP contribution in [0.4, 0.5) is 0 Å². The molecule has 0 amide bonds. The van der Waals surface area contributed by atoms with E-state index < -0.39 is 0 Å². The van der Waals surface area contributed by atoms with Crippen molar-refractivity contribution in [2.45, 2.75) is 66.2 Å². The zero-order valence-electron chi connectivity index (χ0n) is 19.0. The summed E-state index contributed by atoms with van der Waals surface area (Å²) in [5, 5.41) is 0. The number of unbranched alkanes of at least 4 members (excludes halogenated alkanes) is 3. The van der Waals surface area contributed by atoms with Gasteiger partial charge in [-0.2, -0.15) is 0 Å². The lowest BCUT2D eigenvalue weighted by molar-refractivity contribution is 0.794. The Labute approximate surface area is 183 Å². The summed E-state index contributed by atoms with van der Waals surface area (Å²) in [6.07, 6.45) is 6.78. The maximum atomic E-state index is 3.58. The van der Waals surface area contributed by atoms with Crippen LogP contribution >= 0.6 is 0 Å². The molecule has 3 rings (SSSR count). The molecule has 0 N–H and O–H groups in total. The lowest BCUT2D eigenvalue weighted by Crippen LogP contribution is -1.97. The Hall–Kier alpha value is -2.78. The molecule has 3 aromatic rings. The molecule has 0 bridgehead atoms. The number of rotatable bonds is 7. The molecule has 0 unspecified atom stereocenters. The van der Waals surface area contributed by atoms with Gasteiger partial charge in [0.25, 0.3) is 0 Å². The van der Waals surface area contributed by atoms with Gasteiger partial charge in [-0.3, -0.25) is 0 Å². The van der Waals surface area contributed by atoms with E-state index in [1.54, 1.807) is 0 Å². The van der Waals surface area contributed by atoms with E-state index in [0.29, 0.717) is 0 Å². The molecular weight excluding hydrogens is 360 g/mol. The highest BCUT2D eigenvalue weighted by Gasteiger charge is 2.12. The van der Waals surface area contributed by atoms with E-state index in [9.17, 15) is 0 Å². The lowest BCUT2D eigenvalue weighted by atomic mass is 9.88. The van der Waals surface area contributed by atoms with Crippen molar-refractivity contribution in [1.29, 1.82) is 0 Å². The van der Waals surface area contributed by atoms with Crippen molar-refractivity contribution in [2.75, 3.05) is 0 Å². The summed E-state index contributed by atoms with van der Waals surface area (Å²) in [6.45, 7) is 8.77. The number of hydrogen-bond donors (Lipinski definition) is 0. The fourth-order valence-electron chi connectivity index (χ4n) is 3.70. The van der Waals surface area contributed by atoms with Gasteiger partial charge in [-0.25, -0.2) is 0 Å². The van der Waals surface area contributed by atoms with E-state index in [4.69, 9.17) is 0 Å². The number of hydrogen-bond acceptors (Lipinski definition) is 0. The molecule has 0 aromatic heterocycles. The standard InChI is InChI=1S/C30H34/c1-5-7-9-10-12-29-27(11-8-6-2)21-28(25-17-13-23(3)14-18-25)22-30(29)26-19-15-24(4)16-20-26/h13-22H,5-9,11H2,1-4H3. The highest BCUT2D eigenvalue weighted by atomic mass is 14.2. The van der Waals surface area contributed by atoms with Crippen LogP contribution < -0.4 is 0 Å². The maximum absolute atomic E-state index is 3.58. The van der Waals surface area contributed by atoms with Crippen LogP contribution in [0.25, 0.3) is 22.3 Å². The normalized spacial score (nSPS) is 10.5. The van der Waals surface area contributed by atoms with E-state index in [0.717, 1.165) is 12.8 Å². The molecule has 30 heavy (non-hydrogen) atoms. The minimum atomic E-state index is 0.969. The van der Waals surface area contributed by atoms with Crippen molar-refractivity contribution in [3.05, 3.63) is 82.9 Å². The van der Waals surface area contributed by atoms with E-state index in [-0.39, 0.29) is 0 Å². The fraction of sp³-hybridized carbons (Fsp3) is 0.333. The first-order valence-corrected chi connectivity index (χ1v) is 11.4. The SMILES string of the molecule is CCCCC#Cc1c(CCCC)cc(-c2ccc(C)cc2)cc1-c1ccc(C)cc1. The molecule has 0 atom stereocenters. The first-order valence-electron chi connectivity index (χ1n) is 11.4. The molecule has 0 heterocycles. The molecule has 0 saturated heterocycles. The van der Waals surface area contributed by atoms with E-state index in [1.807, 2.05) is 0 Å². The van der Waals surface area contributed by atoms with Gasteiger partial charge in [-0.1, -0.05) is 98.2 Å². The van der Waals surface area contributed by atoms with Crippen LogP contribution in [0.3, 0.4) is 0 Å². The maximum Gasteiger partial charge on any atom is 0.0356 e. The lowest BCUT2D eigenvalue weighted by Gasteiger charge is -2.15. The molecular formula is C30H34. The summed E-state index contributed by atoms with van der Waals surface area (Å²) in [6, 6.07) is 22.5. The third-order valence-electron chi connectivity index (χ3n) is 5.64. The zero-order valence-corrected chi connectivity index (χ0v) is 19.0. The largest absolute Gasteiger partial charge is 0.0979 e. The van der Waals surface area contributed by atoms with Crippen molar-refractivity contribution in [1.82, 2.24) is 0 Å². The van der Waals surface area contributed by atoms with Gasteiger partial charge in [0.2, 0.25) is 0 Å². The van der Waals surface area contributed by atoms with Crippen LogP contribution in [-0.4, -0.2) is 0 Å². The van der Waals surface area contributed by atoms with Crippen molar-refractivity contribution >= 4 is 0 Å². The van der Waals surface area contributed by atoms with Gasteiger partial charge < -0.3 is 0 Å². The molecule has 0 nitrogen and oxygen atoms in total. The van der Waals surface area contributed by atoms with Gasteiger partial charge in [-0.15, -0.1) is 0 Å². The summed E-state index contributed by atoms with van der Waals surface area (Å²) in [4.78, 5) is 0. The molecule has 0 aliphatic rings. The van der Waals surface area contributed by atoms with Crippen molar-refractivity contribution in [3.63, 3.8) is 0 Å². The summed E-state index contributed by atoms with van der Waals surface area (Å²) < 4.78 is 0. The Balaban J connectivity index is 2.18. The van der Waals surface area contributed by atoms with Crippen molar-refractivity contribution in [2.24, 2.45) is 0 Å². The first-order chi connectivity index (χ1) is 14.6. The molecule has 0 saturated carbocycles. The minimum absolute atomic E-state index is 0.969. The Bertz CT molecular complexity index is 1010. The Morgan fingerprint density at radius 2 is 1.27 bits per heavy atom. The van der Waals surface area contributed by atoms with Gasteiger partial charge in [0.05, 0.1) is 0 Å². The summed E-state index contributed by atoms with van der Waals surface area (Å²) in [7, 11) is 0. The molecule has 0 fully saturated rings. The zero-order chi connectivity index (χ0) is 21.3.